The minimum absolute atomic E-state index is 0.111. The molecule has 1 aliphatic rings. The molecule has 1 fully saturated rings. The molecule has 0 unspecified atom stereocenters. The number of hydrogen-bond donors (Lipinski definition) is 1. The number of thiazole rings is 1. The first kappa shape index (κ1) is 22.1. The number of furan rings is 1. The molecule has 9 nitrogen and oxygen atoms in total. The number of carbonyl (C=O) groups is 1. The van der Waals surface area contributed by atoms with E-state index in [1.54, 1.807) is 30.0 Å². The molecule has 0 bridgehead atoms. The second-order valence-corrected chi connectivity index (χ2v) is 8.83. The number of piperazine rings is 1. The molecule has 5 rings (SSSR count). The summed E-state index contributed by atoms with van der Waals surface area (Å²) >= 11 is 1.48. The molecule has 34 heavy (non-hydrogen) atoms. The Morgan fingerprint density at radius 1 is 1.09 bits per heavy atom. The predicted molar refractivity (Wildman–Crippen MR) is 132 cm³/mol. The van der Waals surface area contributed by atoms with Crippen molar-refractivity contribution in [2.75, 3.05) is 50.6 Å². The van der Waals surface area contributed by atoms with Crippen LogP contribution in [-0.2, 0) is 4.74 Å². The van der Waals surface area contributed by atoms with Crippen LogP contribution in [0, 0.1) is 0 Å². The molecule has 0 radical (unpaired) electrons. The van der Waals surface area contributed by atoms with Gasteiger partial charge in [-0.15, -0.1) is 11.3 Å². The lowest BCUT2D eigenvalue weighted by molar-refractivity contribution is 0.0566. The molecule has 0 spiro atoms. The summed E-state index contributed by atoms with van der Waals surface area (Å²) in [5.74, 6) is 0.435. The third-order valence-corrected chi connectivity index (χ3v) is 6.51. The number of hydrogen-bond acceptors (Lipinski definition) is 10. The van der Waals surface area contributed by atoms with E-state index in [-0.39, 0.29) is 5.76 Å². The predicted octanol–water partition coefficient (Wildman–Crippen LogP) is 4.14. The number of ether oxygens (including phenoxy) is 1. The first-order chi connectivity index (χ1) is 16.6. The zero-order valence-corrected chi connectivity index (χ0v) is 19.7. The van der Waals surface area contributed by atoms with Gasteiger partial charge in [0.25, 0.3) is 0 Å². The molecule has 0 saturated carbocycles. The summed E-state index contributed by atoms with van der Waals surface area (Å²) in [5.41, 5.74) is 5.15. The van der Waals surface area contributed by atoms with E-state index in [0.29, 0.717) is 17.4 Å². The Morgan fingerprint density at radius 2 is 1.88 bits per heavy atom. The number of nitrogens with zero attached hydrogens (tertiary/aromatic N) is 5. The molecular weight excluding hydrogens is 452 g/mol. The standard InChI is InChI=1S/C24H24N6O3S/c1-29-9-11-30(12-10-29)17-5-3-16(4-6-17)27-24-26-13-18(21-14-25-15-34-21)22(28-24)19-7-8-20(33-19)23(31)32-2/h3-8,13-15H,9-12H2,1-2H3,(H,26,27,28). The lowest BCUT2D eigenvalue weighted by Gasteiger charge is -2.34. The van der Waals surface area contributed by atoms with Gasteiger partial charge >= 0.3 is 5.97 Å². The van der Waals surface area contributed by atoms with Crippen LogP contribution in [0.3, 0.4) is 0 Å². The van der Waals surface area contributed by atoms with Gasteiger partial charge in [0, 0.05) is 55.5 Å². The normalized spacial score (nSPS) is 14.2. The van der Waals surface area contributed by atoms with Crippen LogP contribution in [0.5, 0.6) is 0 Å². The zero-order chi connectivity index (χ0) is 23.5. The summed E-state index contributed by atoms with van der Waals surface area (Å²) < 4.78 is 10.5. The van der Waals surface area contributed by atoms with Gasteiger partial charge < -0.3 is 24.3 Å². The molecule has 1 aromatic carbocycles. The average Bonchev–Trinajstić information content (AvgIpc) is 3.57. The quantitative estimate of drug-likeness (QED) is 0.412. The fourth-order valence-electron chi connectivity index (χ4n) is 3.78. The summed E-state index contributed by atoms with van der Waals surface area (Å²) in [6.07, 6.45) is 3.48. The molecule has 1 saturated heterocycles. The number of nitrogens with one attached hydrogen (secondary N) is 1. The van der Waals surface area contributed by atoms with Crippen molar-refractivity contribution in [1.29, 1.82) is 0 Å². The van der Waals surface area contributed by atoms with E-state index in [4.69, 9.17) is 14.1 Å². The fourth-order valence-corrected chi connectivity index (χ4v) is 4.42. The minimum Gasteiger partial charge on any atom is -0.463 e. The summed E-state index contributed by atoms with van der Waals surface area (Å²) in [7, 11) is 3.47. The van der Waals surface area contributed by atoms with Gasteiger partial charge in [-0.25, -0.2) is 14.8 Å². The van der Waals surface area contributed by atoms with E-state index in [9.17, 15) is 4.79 Å². The van der Waals surface area contributed by atoms with Gasteiger partial charge in [0.05, 0.1) is 17.5 Å². The highest BCUT2D eigenvalue weighted by molar-refractivity contribution is 7.13. The molecule has 4 aromatic rings. The number of benzene rings is 1. The molecular formula is C24H24N6O3S. The third kappa shape index (κ3) is 4.63. The zero-order valence-electron chi connectivity index (χ0n) is 18.9. The number of rotatable bonds is 6. The molecule has 1 aliphatic heterocycles. The maximum atomic E-state index is 11.9. The van der Waals surface area contributed by atoms with Crippen LogP contribution in [0.4, 0.5) is 17.3 Å². The van der Waals surface area contributed by atoms with Crippen molar-refractivity contribution in [3.05, 3.63) is 60.1 Å². The Balaban J connectivity index is 1.41. The first-order valence-corrected chi connectivity index (χ1v) is 11.7. The van der Waals surface area contributed by atoms with Gasteiger partial charge in [-0.3, -0.25) is 4.98 Å². The molecule has 0 amide bonds. The lowest BCUT2D eigenvalue weighted by atomic mass is 10.1. The second-order valence-electron chi connectivity index (χ2n) is 7.94. The van der Waals surface area contributed by atoms with Gasteiger partial charge in [0.15, 0.2) is 5.76 Å². The van der Waals surface area contributed by atoms with E-state index in [0.717, 1.165) is 42.3 Å². The maximum absolute atomic E-state index is 11.9. The van der Waals surface area contributed by atoms with E-state index >= 15 is 0 Å². The van der Waals surface area contributed by atoms with Crippen molar-refractivity contribution < 1.29 is 13.9 Å². The van der Waals surface area contributed by atoms with Crippen molar-refractivity contribution >= 4 is 34.6 Å². The third-order valence-electron chi connectivity index (χ3n) is 5.70. The van der Waals surface area contributed by atoms with Crippen LogP contribution in [0.15, 0.2) is 58.7 Å². The van der Waals surface area contributed by atoms with Crippen molar-refractivity contribution in [2.24, 2.45) is 0 Å². The molecule has 4 heterocycles. The highest BCUT2D eigenvalue weighted by Gasteiger charge is 2.19. The van der Waals surface area contributed by atoms with Crippen LogP contribution in [0.25, 0.3) is 21.9 Å². The largest absolute Gasteiger partial charge is 0.463 e. The number of esters is 1. The van der Waals surface area contributed by atoms with E-state index < -0.39 is 5.97 Å². The molecule has 1 N–H and O–H groups in total. The monoisotopic (exact) mass is 476 g/mol. The van der Waals surface area contributed by atoms with E-state index in [2.05, 4.69) is 44.3 Å². The number of likely N-dealkylation sites (N-methyl/N-ethyl adjacent to an activating group) is 1. The lowest BCUT2D eigenvalue weighted by Crippen LogP contribution is -2.44. The summed E-state index contributed by atoms with van der Waals surface area (Å²) in [6.45, 7) is 4.16. The smallest absolute Gasteiger partial charge is 0.373 e. The van der Waals surface area contributed by atoms with Crippen LogP contribution in [-0.4, -0.2) is 66.2 Å². The Bertz CT molecular complexity index is 1260. The molecule has 0 aliphatic carbocycles. The van der Waals surface area contributed by atoms with Crippen LogP contribution in [0.2, 0.25) is 0 Å². The fraction of sp³-hybridized carbons (Fsp3) is 0.250. The van der Waals surface area contributed by atoms with Crippen molar-refractivity contribution in [3.8, 4) is 21.9 Å². The average molecular weight is 477 g/mol. The van der Waals surface area contributed by atoms with Gasteiger partial charge in [0.1, 0.15) is 5.69 Å². The first-order valence-electron chi connectivity index (χ1n) is 10.9. The van der Waals surface area contributed by atoms with Crippen LogP contribution < -0.4 is 10.2 Å². The Kier molecular flexibility index (Phi) is 6.24. The molecule has 10 heteroatoms. The minimum atomic E-state index is -0.543. The Labute approximate surface area is 201 Å². The van der Waals surface area contributed by atoms with Crippen LogP contribution >= 0.6 is 11.3 Å². The van der Waals surface area contributed by atoms with Gasteiger partial charge in [0.2, 0.25) is 11.7 Å². The van der Waals surface area contributed by atoms with Crippen molar-refractivity contribution in [2.45, 2.75) is 0 Å². The number of aromatic nitrogens is 3. The van der Waals surface area contributed by atoms with Gasteiger partial charge in [-0.05, 0) is 43.4 Å². The number of anilines is 3. The Hall–Kier alpha value is -3.76. The molecule has 0 atom stereocenters. The molecule has 3 aromatic heterocycles. The van der Waals surface area contributed by atoms with Crippen LogP contribution in [0.1, 0.15) is 10.6 Å². The summed E-state index contributed by atoms with van der Waals surface area (Å²) in [4.78, 5) is 30.9. The SMILES string of the molecule is COC(=O)c1ccc(-c2nc(Nc3ccc(N4CCN(C)CC4)cc3)ncc2-c2cncs2)o1. The van der Waals surface area contributed by atoms with Crippen molar-refractivity contribution in [3.63, 3.8) is 0 Å². The Morgan fingerprint density at radius 3 is 2.59 bits per heavy atom. The van der Waals surface area contributed by atoms with Gasteiger partial charge in [-0.2, -0.15) is 0 Å². The number of carbonyl (C=O) groups excluding carboxylic acids is 1. The van der Waals surface area contributed by atoms with E-state index in [1.165, 1.54) is 24.1 Å². The summed E-state index contributed by atoms with van der Waals surface area (Å²) in [5, 5.41) is 3.27. The highest BCUT2D eigenvalue weighted by Crippen LogP contribution is 2.34. The summed E-state index contributed by atoms with van der Waals surface area (Å²) in [6, 6.07) is 11.5. The maximum Gasteiger partial charge on any atom is 0.373 e. The van der Waals surface area contributed by atoms with E-state index in [1.807, 2.05) is 12.1 Å². The van der Waals surface area contributed by atoms with Gasteiger partial charge in [-0.1, -0.05) is 0 Å². The highest BCUT2D eigenvalue weighted by atomic mass is 32.1. The second kappa shape index (κ2) is 9.62. The topological polar surface area (TPSA) is 96.6 Å². The molecule has 174 valence electrons. The number of methoxy groups -OCH3 is 1. The van der Waals surface area contributed by atoms with Crippen molar-refractivity contribution in [1.82, 2.24) is 19.9 Å².